The van der Waals surface area contributed by atoms with Crippen LogP contribution in [0.5, 0.6) is 0 Å². The van der Waals surface area contributed by atoms with E-state index in [0.29, 0.717) is 0 Å². The van der Waals surface area contributed by atoms with Crippen molar-refractivity contribution in [3.63, 3.8) is 0 Å². The Balaban J connectivity index is 2.24. The molecule has 2 aromatic rings. The minimum absolute atomic E-state index is 0.132. The Hall–Kier alpha value is -0.990. The Bertz CT molecular complexity index is 565. The lowest BCUT2D eigenvalue weighted by molar-refractivity contribution is 0.464. The largest absolute Gasteiger partial charge is 0.350 e. The Morgan fingerprint density at radius 3 is 2.71 bits per heavy atom. The molecule has 0 aliphatic heterocycles. The van der Waals surface area contributed by atoms with Gasteiger partial charge in [0.25, 0.3) is 0 Å². The van der Waals surface area contributed by atoms with Crippen LogP contribution in [0.15, 0.2) is 24.4 Å². The highest BCUT2D eigenvalue weighted by molar-refractivity contribution is 6.31. The molecule has 1 aromatic carbocycles. The molecule has 1 fully saturated rings. The molecule has 0 bridgehead atoms. The van der Waals surface area contributed by atoms with Gasteiger partial charge in [0.15, 0.2) is 0 Å². The normalized spacial score (nSPS) is 19.0. The number of halogens is 1. The van der Waals surface area contributed by atoms with Crippen molar-refractivity contribution in [1.82, 2.24) is 4.57 Å². The second-order valence-electron chi connectivity index (χ2n) is 5.18. The maximum Gasteiger partial charge on any atom is 0.0496 e. The van der Waals surface area contributed by atoms with Gasteiger partial charge in [-0.05, 0) is 30.5 Å². The quantitative estimate of drug-likeness (QED) is 0.822. The Labute approximate surface area is 106 Å². The van der Waals surface area contributed by atoms with Gasteiger partial charge in [-0.1, -0.05) is 30.5 Å². The molecule has 0 saturated heterocycles. The molecule has 17 heavy (non-hydrogen) atoms. The van der Waals surface area contributed by atoms with Gasteiger partial charge in [-0.25, -0.2) is 0 Å². The first-order valence-electron chi connectivity index (χ1n) is 6.14. The van der Waals surface area contributed by atoms with Crippen LogP contribution >= 0.6 is 11.6 Å². The van der Waals surface area contributed by atoms with Gasteiger partial charge < -0.3 is 10.3 Å². The molecular weight excluding hydrogens is 232 g/mol. The summed E-state index contributed by atoms with van der Waals surface area (Å²) in [5.74, 6) is 0. The lowest BCUT2D eigenvalue weighted by atomic mass is 9.89. The van der Waals surface area contributed by atoms with Crippen LogP contribution in [0.2, 0.25) is 5.02 Å². The van der Waals surface area contributed by atoms with E-state index in [2.05, 4.69) is 23.9 Å². The molecule has 1 aliphatic carbocycles. The number of rotatable bonds is 1. The van der Waals surface area contributed by atoms with Crippen molar-refractivity contribution >= 4 is 22.5 Å². The second kappa shape index (κ2) is 3.76. The van der Waals surface area contributed by atoms with Crippen molar-refractivity contribution in [1.29, 1.82) is 0 Å². The summed E-state index contributed by atoms with van der Waals surface area (Å²) in [6, 6.07) is 6.06. The monoisotopic (exact) mass is 248 g/mol. The third-order valence-electron chi connectivity index (χ3n) is 3.98. The first kappa shape index (κ1) is 11.1. The fourth-order valence-electron chi connectivity index (χ4n) is 3.03. The van der Waals surface area contributed by atoms with Crippen LogP contribution in [-0.4, -0.2) is 4.57 Å². The number of benzene rings is 1. The van der Waals surface area contributed by atoms with E-state index in [-0.39, 0.29) is 5.54 Å². The SMILES string of the molecule is Cn1cc(C2(N)CCCC2)c2ccc(Cl)cc21. The molecule has 1 aliphatic rings. The molecular formula is C14H17ClN2. The Morgan fingerprint density at radius 2 is 2.00 bits per heavy atom. The summed E-state index contributed by atoms with van der Waals surface area (Å²) in [4.78, 5) is 0. The van der Waals surface area contributed by atoms with Gasteiger partial charge in [0.2, 0.25) is 0 Å². The first-order valence-corrected chi connectivity index (χ1v) is 6.52. The summed E-state index contributed by atoms with van der Waals surface area (Å²) < 4.78 is 2.13. The molecule has 3 rings (SSSR count). The number of nitrogens with zero attached hydrogens (tertiary/aromatic N) is 1. The fraction of sp³-hybridized carbons (Fsp3) is 0.429. The van der Waals surface area contributed by atoms with Gasteiger partial charge in [0.1, 0.15) is 0 Å². The predicted octanol–water partition coefficient (Wildman–Crippen LogP) is 3.56. The van der Waals surface area contributed by atoms with Crippen LogP contribution in [0.3, 0.4) is 0 Å². The minimum Gasteiger partial charge on any atom is -0.350 e. The highest BCUT2D eigenvalue weighted by Gasteiger charge is 2.33. The summed E-state index contributed by atoms with van der Waals surface area (Å²) in [7, 11) is 2.06. The fourth-order valence-corrected chi connectivity index (χ4v) is 3.20. The van der Waals surface area contributed by atoms with Crippen molar-refractivity contribution in [2.75, 3.05) is 0 Å². The lowest BCUT2D eigenvalue weighted by Crippen LogP contribution is -2.32. The van der Waals surface area contributed by atoms with E-state index in [1.54, 1.807) is 0 Å². The number of aromatic nitrogens is 1. The van der Waals surface area contributed by atoms with Gasteiger partial charge in [0.05, 0.1) is 0 Å². The van der Waals surface area contributed by atoms with Crippen molar-refractivity contribution in [2.24, 2.45) is 12.8 Å². The van der Waals surface area contributed by atoms with Crippen LogP contribution in [0.1, 0.15) is 31.2 Å². The summed E-state index contributed by atoms with van der Waals surface area (Å²) in [6.07, 6.45) is 6.83. The average Bonchev–Trinajstić information content (AvgIpc) is 2.86. The van der Waals surface area contributed by atoms with Crippen LogP contribution < -0.4 is 5.73 Å². The molecule has 1 aromatic heterocycles. The standard InChI is InChI=1S/C14H17ClN2/c1-17-9-12(14(16)6-2-3-7-14)11-5-4-10(15)8-13(11)17/h4-5,8-9H,2-3,6-7,16H2,1H3. The summed E-state index contributed by atoms with van der Waals surface area (Å²) in [5.41, 5.74) is 8.87. The van der Waals surface area contributed by atoms with E-state index >= 15 is 0 Å². The van der Waals surface area contributed by atoms with Gasteiger partial charge in [-0.2, -0.15) is 0 Å². The molecule has 0 atom stereocenters. The zero-order valence-electron chi connectivity index (χ0n) is 10.0. The van der Waals surface area contributed by atoms with Gasteiger partial charge >= 0.3 is 0 Å². The third kappa shape index (κ3) is 1.67. The van der Waals surface area contributed by atoms with E-state index in [9.17, 15) is 0 Å². The van der Waals surface area contributed by atoms with Gasteiger partial charge in [-0.3, -0.25) is 0 Å². The van der Waals surface area contributed by atoms with Gasteiger partial charge in [-0.15, -0.1) is 0 Å². The molecule has 90 valence electrons. The Morgan fingerprint density at radius 1 is 1.29 bits per heavy atom. The molecule has 3 heteroatoms. The maximum atomic E-state index is 6.55. The first-order chi connectivity index (χ1) is 8.10. The topological polar surface area (TPSA) is 30.9 Å². The molecule has 0 spiro atoms. The Kier molecular flexibility index (Phi) is 2.46. The smallest absolute Gasteiger partial charge is 0.0496 e. The minimum atomic E-state index is -0.132. The second-order valence-corrected chi connectivity index (χ2v) is 5.61. The molecule has 1 heterocycles. The summed E-state index contributed by atoms with van der Waals surface area (Å²) in [5, 5.41) is 2.03. The lowest BCUT2D eigenvalue weighted by Gasteiger charge is -2.23. The number of hydrogen-bond acceptors (Lipinski definition) is 1. The van der Waals surface area contributed by atoms with Gasteiger partial charge in [0, 0.05) is 34.7 Å². The van der Waals surface area contributed by atoms with Crippen LogP contribution in [0.25, 0.3) is 10.9 Å². The van der Waals surface area contributed by atoms with Crippen LogP contribution in [0.4, 0.5) is 0 Å². The zero-order chi connectivity index (χ0) is 12.0. The molecule has 0 amide bonds. The van der Waals surface area contributed by atoms with E-state index in [4.69, 9.17) is 17.3 Å². The molecule has 2 nitrogen and oxygen atoms in total. The molecule has 0 radical (unpaired) electrons. The summed E-state index contributed by atoms with van der Waals surface area (Å²) >= 11 is 6.05. The average molecular weight is 249 g/mol. The number of fused-ring (bicyclic) bond motifs is 1. The van der Waals surface area contributed by atoms with Crippen molar-refractivity contribution in [2.45, 2.75) is 31.2 Å². The van der Waals surface area contributed by atoms with E-state index in [0.717, 1.165) is 17.9 Å². The summed E-state index contributed by atoms with van der Waals surface area (Å²) in [6.45, 7) is 0. The molecule has 2 N–H and O–H groups in total. The van der Waals surface area contributed by atoms with Crippen LogP contribution in [0, 0.1) is 0 Å². The van der Waals surface area contributed by atoms with E-state index in [1.165, 1.54) is 29.3 Å². The van der Waals surface area contributed by atoms with Crippen LogP contribution in [-0.2, 0) is 12.6 Å². The molecule has 0 unspecified atom stereocenters. The molecule has 1 saturated carbocycles. The maximum absolute atomic E-state index is 6.55. The van der Waals surface area contributed by atoms with Crippen molar-refractivity contribution in [3.8, 4) is 0 Å². The zero-order valence-corrected chi connectivity index (χ0v) is 10.8. The predicted molar refractivity (Wildman–Crippen MR) is 72.3 cm³/mol. The number of hydrogen-bond donors (Lipinski definition) is 1. The van der Waals surface area contributed by atoms with Crippen molar-refractivity contribution < 1.29 is 0 Å². The number of nitrogens with two attached hydrogens (primary N) is 1. The highest BCUT2D eigenvalue weighted by Crippen LogP contribution is 2.40. The number of aryl methyl sites for hydroxylation is 1. The van der Waals surface area contributed by atoms with E-state index in [1.807, 2.05) is 12.1 Å². The third-order valence-corrected chi connectivity index (χ3v) is 4.22. The van der Waals surface area contributed by atoms with E-state index < -0.39 is 0 Å². The van der Waals surface area contributed by atoms with Crippen molar-refractivity contribution in [3.05, 3.63) is 35.0 Å². The highest BCUT2D eigenvalue weighted by atomic mass is 35.5.